The maximum atomic E-state index is 11.6. The van der Waals surface area contributed by atoms with Crippen molar-refractivity contribution in [2.45, 2.75) is 26.2 Å². The van der Waals surface area contributed by atoms with E-state index in [4.69, 9.17) is 9.15 Å². The molecule has 0 aliphatic heterocycles. The smallest absolute Gasteiger partial charge is 0.277 e. The number of benzene rings is 1. The average Bonchev–Trinajstić information content (AvgIpc) is 2.98. The zero-order valence-corrected chi connectivity index (χ0v) is 13.0. The second-order valence-corrected chi connectivity index (χ2v) is 5.87. The quantitative estimate of drug-likeness (QED) is 0.681. The van der Waals surface area contributed by atoms with E-state index in [1.54, 1.807) is 12.1 Å². The Morgan fingerprint density at radius 3 is 2.59 bits per heavy atom. The summed E-state index contributed by atoms with van der Waals surface area (Å²) in [5.74, 6) is 0.889. The van der Waals surface area contributed by atoms with Gasteiger partial charge in [0.25, 0.3) is 5.91 Å². The molecule has 2 aromatic rings. The summed E-state index contributed by atoms with van der Waals surface area (Å²) in [6.45, 7) is 6.35. The Bertz CT molecular complexity index is 623. The molecular weight excluding hydrogens is 280 g/mol. The number of carbonyl (C=O) groups is 1. The van der Waals surface area contributed by atoms with Crippen molar-refractivity contribution in [2.75, 3.05) is 6.61 Å². The molecule has 1 heterocycles. The Kier molecular flexibility index (Phi) is 4.99. The van der Waals surface area contributed by atoms with Crippen LogP contribution >= 0.6 is 0 Å². The van der Waals surface area contributed by atoms with Gasteiger partial charge in [0.1, 0.15) is 11.5 Å². The summed E-state index contributed by atoms with van der Waals surface area (Å²) in [4.78, 5) is 11.6. The standard InChI is InChI=1S/C17H20N2O3/c1-17(2,3)13-6-8-14(9-7-13)22-12-16(20)19-18-11-15-5-4-10-21-15/h4-11H,12H2,1-3H3,(H,19,20). The molecule has 0 aliphatic carbocycles. The number of furan rings is 1. The molecule has 0 saturated carbocycles. The van der Waals surface area contributed by atoms with Crippen LogP contribution in [-0.2, 0) is 10.2 Å². The normalized spacial score (nSPS) is 11.6. The maximum absolute atomic E-state index is 11.6. The Labute approximate surface area is 130 Å². The van der Waals surface area contributed by atoms with Gasteiger partial charge in [-0.25, -0.2) is 5.43 Å². The number of ether oxygens (including phenoxy) is 1. The summed E-state index contributed by atoms with van der Waals surface area (Å²) >= 11 is 0. The summed E-state index contributed by atoms with van der Waals surface area (Å²) in [5.41, 5.74) is 3.68. The zero-order valence-electron chi connectivity index (χ0n) is 13.0. The van der Waals surface area contributed by atoms with Crippen molar-refractivity contribution in [3.8, 4) is 5.75 Å². The van der Waals surface area contributed by atoms with Gasteiger partial charge < -0.3 is 9.15 Å². The number of carbonyl (C=O) groups excluding carboxylic acids is 1. The topological polar surface area (TPSA) is 63.8 Å². The molecule has 0 atom stereocenters. The van der Waals surface area contributed by atoms with E-state index < -0.39 is 0 Å². The number of hydrogen-bond donors (Lipinski definition) is 1. The summed E-state index contributed by atoms with van der Waals surface area (Å²) in [6.07, 6.45) is 2.96. The summed E-state index contributed by atoms with van der Waals surface area (Å²) in [6, 6.07) is 11.2. The highest BCUT2D eigenvalue weighted by Gasteiger charge is 2.13. The minimum atomic E-state index is -0.331. The van der Waals surface area contributed by atoms with Gasteiger partial charge in [-0.1, -0.05) is 32.9 Å². The van der Waals surface area contributed by atoms with E-state index in [1.807, 2.05) is 24.3 Å². The third-order valence-corrected chi connectivity index (χ3v) is 3.01. The van der Waals surface area contributed by atoms with Gasteiger partial charge in [-0.2, -0.15) is 5.10 Å². The third kappa shape index (κ3) is 4.77. The van der Waals surface area contributed by atoms with E-state index in [2.05, 4.69) is 31.3 Å². The zero-order chi connectivity index (χ0) is 16.0. The number of hydrazone groups is 1. The van der Waals surface area contributed by atoms with Crippen LogP contribution in [0.4, 0.5) is 0 Å². The lowest BCUT2D eigenvalue weighted by Gasteiger charge is -2.19. The summed E-state index contributed by atoms with van der Waals surface area (Å²) in [5, 5.41) is 3.77. The maximum Gasteiger partial charge on any atom is 0.277 e. The van der Waals surface area contributed by atoms with Crippen molar-refractivity contribution >= 4 is 12.1 Å². The molecule has 0 saturated heterocycles. The van der Waals surface area contributed by atoms with Crippen LogP contribution in [0.2, 0.25) is 0 Å². The van der Waals surface area contributed by atoms with E-state index in [1.165, 1.54) is 18.0 Å². The fraction of sp³-hybridized carbons (Fsp3) is 0.294. The third-order valence-electron chi connectivity index (χ3n) is 3.01. The molecule has 1 aromatic heterocycles. The van der Waals surface area contributed by atoms with E-state index in [-0.39, 0.29) is 17.9 Å². The lowest BCUT2D eigenvalue weighted by Crippen LogP contribution is -2.24. The first-order chi connectivity index (χ1) is 10.4. The van der Waals surface area contributed by atoms with Crippen molar-refractivity contribution in [2.24, 2.45) is 5.10 Å². The molecule has 22 heavy (non-hydrogen) atoms. The molecule has 1 aromatic carbocycles. The van der Waals surface area contributed by atoms with Gasteiger partial charge in [0.2, 0.25) is 0 Å². The van der Waals surface area contributed by atoms with Crippen LogP contribution < -0.4 is 10.2 Å². The largest absolute Gasteiger partial charge is 0.484 e. The number of amides is 1. The van der Waals surface area contributed by atoms with E-state index in [0.717, 1.165) is 0 Å². The van der Waals surface area contributed by atoms with Gasteiger partial charge in [0.05, 0.1) is 12.5 Å². The first-order valence-electron chi connectivity index (χ1n) is 7.04. The van der Waals surface area contributed by atoms with Crippen LogP contribution in [0, 0.1) is 0 Å². The van der Waals surface area contributed by atoms with Crippen LogP contribution in [0.15, 0.2) is 52.2 Å². The van der Waals surface area contributed by atoms with Crippen LogP contribution in [0.5, 0.6) is 5.75 Å². The molecule has 5 nitrogen and oxygen atoms in total. The van der Waals surface area contributed by atoms with E-state index in [0.29, 0.717) is 11.5 Å². The second-order valence-electron chi connectivity index (χ2n) is 5.87. The number of nitrogens with one attached hydrogen (secondary N) is 1. The van der Waals surface area contributed by atoms with E-state index in [9.17, 15) is 4.79 Å². The number of rotatable bonds is 5. The first kappa shape index (κ1) is 15.8. The van der Waals surface area contributed by atoms with Gasteiger partial charge in [0.15, 0.2) is 6.61 Å². The van der Waals surface area contributed by atoms with Gasteiger partial charge in [-0.3, -0.25) is 4.79 Å². The van der Waals surface area contributed by atoms with Crippen molar-refractivity contribution in [3.05, 3.63) is 54.0 Å². The summed E-state index contributed by atoms with van der Waals surface area (Å²) < 4.78 is 10.5. The molecule has 2 rings (SSSR count). The SMILES string of the molecule is CC(C)(C)c1ccc(OCC(=O)NN=Cc2ccco2)cc1. The van der Waals surface area contributed by atoms with Crippen molar-refractivity contribution in [1.29, 1.82) is 0 Å². The Hall–Kier alpha value is -2.56. The highest BCUT2D eigenvalue weighted by atomic mass is 16.5. The van der Waals surface area contributed by atoms with Crippen molar-refractivity contribution < 1.29 is 13.9 Å². The molecule has 0 fully saturated rings. The van der Waals surface area contributed by atoms with Crippen LogP contribution in [0.3, 0.4) is 0 Å². The lowest BCUT2D eigenvalue weighted by molar-refractivity contribution is -0.123. The molecule has 1 N–H and O–H groups in total. The van der Waals surface area contributed by atoms with Crippen molar-refractivity contribution in [1.82, 2.24) is 5.43 Å². The fourth-order valence-electron chi connectivity index (χ4n) is 1.76. The van der Waals surface area contributed by atoms with Gasteiger partial charge in [0, 0.05) is 0 Å². The minimum absolute atomic E-state index is 0.0929. The molecule has 5 heteroatoms. The van der Waals surface area contributed by atoms with Crippen LogP contribution in [0.25, 0.3) is 0 Å². The van der Waals surface area contributed by atoms with E-state index >= 15 is 0 Å². The minimum Gasteiger partial charge on any atom is -0.484 e. The molecule has 0 unspecified atom stereocenters. The molecule has 0 spiro atoms. The first-order valence-corrected chi connectivity index (χ1v) is 7.04. The monoisotopic (exact) mass is 300 g/mol. The van der Waals surface area contributed by atoms with Crippen LogP contribution in [0.1, 0.15) is 32.1 Å². The molecule has 0 aliphatic rings. The van der Waals surface area contributed by atoms with Crippen LogP contribution in [-0.4, -0.2) is 18.7 Å². The van der Waals surface area contributed by atoms with Crippen molar-refractivity contribution in [3.63, 3.8) is 0 Å². The Morgan fingerprint density at radius 1 is 1.27 bits per heavy atom. The molecule has 116 valence electrons. The van der Waals surface area contributed by atoms with Gasteiger partial charge in [-0.15, -0.1) is 0 Å². The number of hydrogen-bond acceptors (Lipinski definition) is 4. The highest BCUT2D eigenvalue weighted by molar-refractivity contribution is 5.81. The molecular formula is C17H20N2O3. The number of nitrogens with zero attached hydrogens (tertiary/aromatic N) is 1. The molecule has 0 bridgehead atoms. The second kappa shape index (κ2) is 6.93. The molecule has 1 amide bonds. The molecule has 0 radical (unpaired) electrons. The lowest BCUT2D eigenvalue weighted by atomic mass is 9.87. The van der Waals surface area contributed by atoms with Gasteiger partial charge in [-0.05, 0) is 35.2 Å². The predicted octanol–water partition coefficient (Wildman–Crippen LogP) is 3.11. The van der Waals surface area contributed by atoms with Gasteiger partial charge >= 0.3 is 0 Å². The highest BCUT2D eigenvalue weighted by Crippen LogP contribution is 2.24. The Balaban J connectivity index is 1.78. The predicted molar refractivity (Wildman–Crippen MR) is 85.1 cm³/mol. The summed E-state index contributed by atoms with van der Waals surface area (Å²) in [7, 11) is 0. The fourth-order valence-corrected chi connectivity index (χ4v) is 1.76. The average molecular weight is 300 g/mol. The Morgan fingerprint density at radius 2 is 2.00 bits per heavy atom.